The Morgan fingerprint density at radius 1 is 1.24 bits per heavy atom. The van der Waals surface area contributed by atoms with Crippen LogP contribution in [0, 0.1) is 6.92 Å². The molecular weight excluding hydrogens is 234 g/mol. The Labute approximate surface area is 104 Å². The summed E-state index contributed by atoms with van der Waals surface area (Å²) in [4.78, 5) is 0. The monoisotopic (exact) mass is 255 g/mol. The third-order valence-corrected chi connectivity index (χ3v) is 5.57. The van der Waals surface area contributed by atoms with Gasteiger partial charge >= 0.3 is 0 Å². The molecule has 1 aromatic carbocycles. The Hall–Kier alpha value is -0.870. The molecule has 0 aliphatic rings. The van der Waals surface area contributed by atoms with E-state index in [9.17, 15) is 8.42 Å². The molecule has 0 aliphatic heterocycles. The van der Waals surface area contributed by atoms with Crippen molar-refractivity contribution in [1.29, 1.82) is 0 Å². The number of hydrogen-bond donors (Lipinski definition) is 1. The fourth-order valence-corrected chi connectivity index (χ4v) is 3.64. The Morgan fingerprint density at radius 3 is 2.29 bits per heavy atom. The van der Waals surface area contributed by atoms with Gasteiger partial charge < -0.3 is 5.73 Å². The zero-order valence-electron chi connectivity index (χ0n) is 10.7. The van der Waals surface area contributed by atoms with Gasteiger partial charge in [-0.05, 0) is 24.5 Å². The molecule has 0 amide bonds. The zero-order chi connectivity index (χ0) is 13.1. The maximum absolute atomic E-state index is 12.0. The molecule has 17 heavy (non-hydrogen) atoms. The molecule has 2 N–H and O–H groups in total. The number of aryl methyl sites for hydroxylation is 1. The van der Waals surface area contributed by atoms with Crippen LogP contribution in [-0.4, -0.2) is 19.4 Å². The molecule has 3 nitrogen and oxygen atoms in total. The van der Waals surface area contributed by atoms with E-state index in [0.29, 0.717) is 6.42 Å². The summed E-state index contributed by atoms with van der Waals surface area (Å²) >= 11 is 0. The van der Waals surface area contributed by atoms with Crippen molar-refractivity contribution in [2.75, 3.05) is 5.75 Å². The number of rotatable bonds is 5. The molecule has 0 saturated heterocycles. The highest BCUT2D eigenvalue weighted by Crippen LogP contribution is 2.25. The molecule has 0 radical (unpaired) electrons. The van der Waals surface area contributed by atoms with E-state index >= 15 is 0 Å². The van der Waals surface area contributed by atoms with Gasteiger partial charge in [0.15, 0.2) is 9.84 Å². The molecule has 0 fully saturated rings. The van der Waals surface area contributed by atoms with Gasteiger partial charge in [0.1, 0.15) is 0 Å². The lowest BCUT2D eigenvalue weighted by molar-refractivity contribution is 0.548. The van der Waals surface area contributed by atoms with E-state index in [-0.39, 0.29) is 5.75 Å². The lowest BCUT2D eigenvalue weighted by Gasteiger charge is -2.23. The van der Waals surface area contributed by atoms with E-state index in [1.54, 1.807) is 6.92 Å². The Bertz CT molecular complexity index is 468. The van der Waals surface area contributed by atoms with Crippen LogP contribution in [0.2, 0.25) is 0 Å². The first-order valence-electron chi connectivity index (χ1n) is 5.96. The van der Waals surface area contributed by atoms with E-state index in [4.69, 9.17) is 5.73 Å². The normalized spacial score (nSPS) is 15.5. The molecule has 0 aromatic heterocycles. The lowest BCUT2D eigenvalue weighted by Crippen LogP contribution is -2.34. The molecule has 0 spiro atoms. The highest BCUT2D eigenvalue weighted by Gasteiger charge is 2.29. The van der Waals surface area contributed by atoms with Crippen LogP contribution in [0.1, 0.15) is 37.4 Å². The second-order valence-corrected chi connectivity index (χ2v) is 6.79. The Morgan fingerprint density at radius 2 is 1.82 bits per heavy atom. The molecule has 2 unspecified atom stereocenters. The summed E-state index contributed by atoms with van der Waals surface area (Å²) in [5.41, 5.74) is 8.11. The van der Waals surface area contributed by atoms with Crippen LogP contribution < -0.4 is 5.73 Å². The topological polar surface area (TPSA) is 60.2 Å². The predicted molar refractivity (Wildman–Crippen MR) is 71.6 cm³/mol. The highest BCUT2D eigenvalue weighted by molar-refractivity contribution is 7.92. The summed E-state index contributed by atoms with van der Waals surface area (Å²) in [5.74, 6) is 0.144. The number of nitrogens with two attached hydrogens (primary N) is 1. The first-order chi connectivity index (χ1) is 7.94. The molecule has 0 aliphatic carbocycles. The fourth-order valence-electron chi connectivity index (χ4n) is 2.11. The highest BCUT2D eigenvalue weighted by atomic mass is 32.2. The first-order valence-corrected chi connectivity index (χ1v) is 7.68. The van der Waals surface area contributed by atoms with Gasteiger partial charge in [-0.2, -0.15) is 0 Å². The molecule has 1 rings (SSSR count). The van der Waals surface area contributed by atoms with Crippen LogP contribution in [0.5, 0.6) is 0 Å². The molecule has 0 bridgehead atoms. The third kappa shape index (κ3) is 3.07. The van der Waals surface area contributed by atoms with Gasteiger partial charge in [0, 0.05) is 11.8 Å². The fraction of sp³-hybridized carbons (Fsp3) is 0.538. The number of sulfone groups is 1. The predicted octanol–water partition coefficient (Wildman–Crippen LogP) is 2.21. The second-order valence-electron chi connectivity index (χ2n) is 4.28. The van der Waals surface area contributed by atoms with Crippen LogP contribution in [0.4, 0.5) is 0 Å². The smallest absolute Gasteiger partial charge is 0.154 e. The van der Waals surface area contributed by atoms with Gasteiger partial charge in [0.2, 0.25) is 0 Å². The Kier molecular flexibility index (Phi) is 4.71. The minimum absolute atomic E-state index is 0.144. The third-order valence-electron chi connectivity index (χ3n) is 3.21. The summed E-state index contributed by atoms with van der Waals surface area (Å²) < 4.78 is 24.0. The molecule has 1 aromatic rings. The van der Waals surface area contributed by atoms with Crippen molar-refractivity contribution in [2.45, 2.75) is 38.5 Å². The largest absolute Gasteiger partial charge is 0.323 e. The molecular formula is C13H21NO2S. The molecule has 0 saturated carbocycles. The van der Waals surface area contributed by atoms with Gasteiger partial charge in [-0.25, -0.2) is 8.42 Å². The van der Waals surface area contributed by atoms with Crippen molar-refractivity contribution in [2.24, 2.45) is 5.73 Å². The van der Waals surface area contributed by atoms with Gasteiger partial charge in [0.05, 0.1) is 5.25 Å². The van der Waals surface area contributed by atoms with Crippen LogP contribution >= 0.6 is 0 Å². The average molecular weight is 255 g/mol. The second kappa shape index (κ2) is 5.65. The summed E-state index contributed by atoms with van der Waals surface area (Å²) in [6.07, 6.45) is 0.547. The number of benzene rings is 1. The lowest BCUT2D eigenvalue weighted by atomic mass is 9.98. The van der Waals surface area contributed by atoms with Crippen LogP contribution in [0.15, 0.2) is 24.3 Å². The zero-order valence-corrected chi connectivity index (χ0v) is 11.5. The van der Waals surface area contributed by atoms with E-state index in [0.717, 1.165) is 11.1 Å². The molecule has 2 atom stereocenters. The summed E-state index contributed by atoms with van der Waals surface area (Å²) in [6, 6.07) is 7.26. The summed E-state index contributed by atoms with van der Waals surface area (Å²) in [7, 11) is -3.10. The van der Waals surface area contributed by atoms with E-state index in [2.05, 4.69) is 0 Å². The van der Waals surface area contributed by atoms with Gasteiger partial charge in [0.25, 0.3) is 0 Å². The minimum atomic E-state index is -3.10. The Balaban J connectivity index is 3.11. The van der Waals surface area contributed by atoms with E-state index < -0.39 is 21.1 Å². The van der Waals surface area contributed by atoms with E-state index in [1.165, 1.54) is 0 Å². The first kappa shape index (κ1) is 14.2. The van der Waals surface area contributed by atoms with Crippen LogP contribution in [0.25, 0.3) is 0 Å². The molecule has 4 heteroatoms. The SMILES string of the molecule is CCC(C(N)c1ccccc1C)S(=O)(=O)CC. The van der Waals surface area contributed by atoms with Gasteiger partial charge in [-0.15, -0.1) is 0 Å². The van der Waals surface area contributed by atoms with E-state index in [1.807, 2.05) is 38.1 Å². The molecule has 0 heterocycles. The summed E-state index contributed by atoms with van der Waals surface area (Å²) in [6.45, 7) is 5.50. The van der Waals surface area contributed by atoms with Crippen LogP contribution in [-0.2, 0) is 9.84 Å². The molecule has 96 valence electrons. The van der Waals surface area contributed by atoms with Crippen molar-refractivity contribution >= 4 is 9.84 Å². The van der Waals surface area contributed by atoms with Crippen molar-refractivity contribution in [1.82, 2.24) is 0 Å². The van der Waals surface area contributed by atoms with Crippen molar-refractivity contribution in [3.63, 3.8) is 0 Å². The number of hydrogen-bond acceptors (Lipinski definition) is 3. The minimum Gasteiger partial charge on any atom is -0.323 e. The van der Waals surface area contributed by atoms with Crippen molar-refractivity contribution in [3.8, 4) is 0 Å². The van der Waals surface area contributed by atoms with Gasteiger partial charge in [-0.1, -0.05) is 38.1 Å². The average Bonchev–Trinajstić information content (AvgIpc) is 2.30. The standard InChI is InChI=1S/C13H21NO2S/c1-4-12(17(15,16)5-2)13(14)11-9-7-6-8-10(11)3/h6-9,12-13H,4-5,14H2,1-3H3. The van der Waals surface area contributed by atoms with Gasteiger partial charge in [-0.3, -0.25) is 0 Å². The van der Waals surface area contributed by atoms with Crippen molar-refractivity contribution < 1.29 is 8.42 Å². The van der Waals surface area contributed by atoms with Crippen molar-refractivity contribution in [3.05, 3.63) is 35.4 Å². The maximum atomic E-state index is 12.0. The van der Waals surface area contributed by atoms with Crippen LogP contribution in [0.3, 0.4) is 0 Å². The quantitative estimate of drug-likeness (QED) is 0.877. The maximum Gasteiger partial charge on any atom is 0.154 e. The summed E-state index contributed by atoms with van der Waals surface area (Å²) in [5, 5.41) is -0.492.